The number of thioether (sulfide) groups is 1. The Balaban J connectivity index is 1.93. The molecule has 140 valence electrons. The van der Waals surface area contributed by atoms with Gasteiger partial charge in [0.15, 0.2) is 0 Å². The van der Waals surface area contributed by atoms with Crippen molar-refractivity contribution in [2.24, 2.45) is 5.73 Å². The van der Waals surface area contributed by atoms with E-state index in [1.54, 1.807) is 0 Å². The van der Waals surface area contributed by atoms with E-state index in [2.05, 4.69) is 15.0 Å². The topological polar surface area (TPSA) is 117 Å². The molecule has 0 fully saturated rings. The quantitative estimate of drug-likeness (QED) is 0.365. The van der Waals surface area contributed by atoms with Crippen LogP contribution in [0.3, 0.4) is 0 Å². The minimum absolute atomic E-state index is 0.151. The van der Waals surface area contributed by atoms with Crippen LogP contribution in [-0.2, 0) is 5.75 Å². The predicted molar refractivity (Wildman–Crippen MR) is 105 cm³/mol. The summed E-state index contributed by atoms with van der Waals surface area (Å²) in [5, 5.41) is 14.9. The summed E-state index contributed by atoms with van der Waals surface area (Å²) in [4.78, 5) is 23.8. The van der Waals surface area contributed by atoms with Gasteiger partial charge in [0, 0.05) is 18.9 Å². The molecule has 2 rings (SSSR count). The van der Waals surface area contributed by atoms with Crippen LogP contribution in [0.15, 0.2) is 35.4 Å². The van der Waals surface area contributed by atoms with Crippen LogP contribution in [0.4, 0.5) is 9.80 Å². The summed E-state index contributed by atoms with van der Waals surface area (Å²) in [7, 11) is 0. The first-order valence-corrected chi connectivity index (χ1v) is 9.99. The third-order valence-corrected chi connectivity index (χ3v) is 5.40. The van der Waals surface area contributed by atoms with Gasteiger partial charge in [-0.1, -0.05) is 42.1 Å². The molecule has 0 aliphatic carbocycles. The average molecular weight is 395 g/mol. The van der Waals surface area contributed by atoms with Gasteiger partial charge in [-0.25, -0.2) is 4.79 Å². The lowest BCUT2D eigenvalue weighted by molar-refractivity contribution is 0.0998. The Morgan fingerprint density at radius 1 is 1.19 bits per heavy atom. The molecule has 0 atom stereocenters. The van der Waals surface area contributed by atoms with Crippen molar-refractivity contribution in [1.82, 2.24) is 9.69 Å². The van der Waals surface area contributed by atoms with E-state index in [0.717, 1.165) is 29.9 Å². The highest BCUT2D eigenvalue weighted by Crippen LogP contribution is 2.33. The number of nitrogens with one attached hydrogen (secondary N) is 2. The second kappa shape index (κ2) is 10.8. The monoisotopic (exact) mass is 394 g/mol. The number of benzene rings is 1. The number of carbonyl (C=O) groups is 2. The number of nitrogens with two attached hydrogens (primary N) is 1. The van der Waals surface area contributed by atoms with Crippen LogP contribution < -0.4 is 16.4 Å². The Kier molecular flexibility index (Phi) is 8.39. The van der Waals surface area contributed by atoms with Crippen molar-refractivity contribution < 1.29 is 14.7 Å². The molecule has 0 spiro atoms. The number of amides is 3. The Morgan fingerprint density at radius 2 is 1.96 bits per heavy atom. The maximum absolute atomic E-state index is 12.0. The first-order valence-electron chi connectivity index (χ1n) is 8.23. The number of hydrogen-bond donors (Lipinski definition) is 4. The average Bonchev–Trinajstić information content (AvgIpc) is 3.03. The Labute approximate surface area is 160 Å². The van der Waals surface area contributed by atoms with Gasteiger partial charge in [0.25, 0.3) is 5.91 Å². The zero-order chi connectivity index (χ0) is 18.8. The Bertz CT molecular complexity index is 722. The second-order valence-electron chi connectivity index (χ2n) is 5.50. The van der Waals surface area contributed by atoms with Gasteiger partial charge in [0.2, 0.25) is 0 Å². The third kappa shape index (κ3) is 6.32. The first-order chi connectivity index (χ1) is 12.6. The fourth-order valence-electron chi connectivity index (χ4n) is 2.17. The number of primary amides is 1. The molecule has 0 radical (unpaired) electrons. The van der Waals surface area contributed by atoms with Crippen LogP contribution in [0.5, 0.6) is 0 Å². The second-order valence-corrected chi connectivity index (χ2v) is 7.23. The third-order valence-electron chi connectivity index (χ3n) is 3.47. The molecule has 0 bridgehead atoms. The highest BCUT2D eigenvalue weighted by Gasteiger charge is 2.20. The lowest BCUT2D eigenvalue weighted by atomic mass is 10.2. The van der Waals surface area contributed by atoms with Crippen molar-refractivity contribution in [3.63, 3.8) is 0 Å². The molecule has 0 aliphatic rings. The lowest BCUT2D eigenvalue weighted by Crippen LogP contribution is -2.30. The summed E-state index contributed by atoms with van der Waals surface area (Å²) >= 11 is 2.45. The van der Waals surface area contributed by atoms with Crippen molar-refractivity contribution in [3.8, 4) is 0 Å². The largest absolute Gasteiger partial charge is 0.396 e. The number of urea groups is 1. The van der Waals surface area contributed by atoms with Gasteiger partial charge in [-0.15, -0.1) is 0 Å². The highest BCUT2D eigenvalue weighted by atomic mass is 32.2. The molecule has 3 amide bonds. The lowest BCUT2D eigenvalue weighted by Gasteiger charge is -2.07. The van der Waals surface area contributed by atoms with E-state index in [4.69, 9.17) is 10.8 Å². The molecular formula is C17H22N4O3S2. The van der Waals surface area contributed by atoms with Gasteiger partial charge in [-0.3, -0.25) is 10.1 Å². The SMILES string of the molecule is NC(=O)c1c(SCc2ccccc2)nsc1NC(=O)NCCCCCO. The van der Waals surface area contributed by atoms with E-state index in [0.29, 0.717) is 28.7 Å². The van der Waals surface area contributed by atoms with Crippen molar-refractivity contribution in [3.05, 3.63) is 41.5 Å². The predicted octanol–water partition coefficient (Wildman–Crippen LogP) is 2.82. The summed E-state index contributed by atoms with van der Waals surface area (Å²) in [5.74, 6) is 0.0361. The van der Waals surface area contributed by atoms with Crippen LogP contribution in [-0.4, -0.2) is 34.6 Å². The molecule has 1 heterocycles. The van der Waals surface area contributed by atoms with Crippen molar-refractivity contribution in [2.75, 3.05) is 18.5 Å². The molecule has 1 aromatic heterocycles. The molecule has 0 aliphatic heterocycles. The standard InChI is InChI=1S/C17H22N4O3S2/c18-14(23)13-15(20-17(24)19-9-5-2-6-10-22)26-21-16(13)25-11-12-7-3-1-4-8-12/h1,3-4,7-8,22H,2,5-6,9-11H2,(H2,18,23)(H2,19,20,24). The van der Waals surface area contributed by atoms with Crippen LogP contribution in [0.25, 0.3) is 0 Å². The number of aromatic nitrogens is 1. The minimum Gasteiger partial charge on any atom is -0.396 e. The molecule has 26 heavy (non-hydrogen) atoms. The molecule has 0 saturated heterocycles. The summed E-state index contributed by atoms with van der Waals surface area (Å²) in [6.07, 6.45) is 2.33. The number of rotatable bonds is 10. The van der Waals surface area contributed by atoms with E-state index in [9.17, 15) is 9.59 Å². The summed E-state index contributed by atoms with van der Waals surface area (Å²) in [6, 6.07) is 9.42. The summed E-state index contributed by atoms with van der Waals surface area (Å²) in [6.45, 7) is 0.643. The van der Waals surface area contributed by atoms with Gasteiger partial charge in [0.1, 0.15) is 15.6 Å². The van der Waals surface area contributed by atoms with Crippen molar-refractivity contribution >= 4 is 40.2 Å². The fourth-order valence-corrected chi connectivity index (χ4v) is 4.09. The van der Waals surface area contributed by atoms with Gasteiger partial charge in [-0.05, 0) is 36.4 Å². The Hall–Kier alpha value is -2.10. The molecule has 7 nitrogen and oxygen atoms in total. The molecule has 0 unspecified atom stereocenters. The number of aliphatic hydroxyl groups excluding tert-OH is 1. The number of unbranched alkanes of at least 4 members (excludes halogenated alkanes) is 2. The maximum atomic E-state index is 12.0. The Morgan fingerprint density at radius 3 is 2.65 bits per heavy atom. The molecular weight excluding hydrogens is 372 g/mol. The van der Waals surface area contributed by atoms with Crippen LogP contribution in [0.1, 0.15) is 35.2 Å². The molecule has 1 aromatic carbocycles. The molecule has 2 aromatic rings. The van der Waals surface area contributed by atoms with Crippen LogP contribution in [0.2, 0.25) is 0 Å². The van der Waals surface area contributed by atoms with Crippen molar-refractivity contribution in [2.45, 2.75) is 30.0 Å². The van der Waals surface area contributed by atoms with Gasteiger partial charge in [0.05, 0.1) is 0 Å². The summed E-state index contributed by atoms with van der Waals surface area (Å²) < 4.78 is 4.26. The number of hydrogen-bond acceptors (Lipinski definition) is 6. The van der Waals surface area contributed by atoms with Gasteiger partial charge < -0.3 is 16.2 Å². The van der Waals surface area contributed by atoms with Gasteiger partial charge >= 0.3 is 6.03 Å². The molecule has 5 N–H and O–H groups in total. The zero-order valence-corrected chi connectivity index (χ0v) is 15.9. The van der Waals surface area contributed by atoms with Crippen LogP contribution >= 0.6 is 23.3 Å². The molecule has 9 heteroatoms. The fraction of sp³-hybridized carbons (Fsp3) is 0.353. The highest BCUT2D eigenvalue weighted by molar-refractivity contribution is 7.98. The maximum Gasteiger partial charge on any atom is 0.319 e. The smallest absolute Gasteiger partial charge is 0.319 e. The van der Waals surface area contributed by atoms with E-state index in [1.807, 2.05) is 30.3 Å². The summed E-state index contributed by atoms with van der Waals surface area (Å²) in [5.41, 5.74) is 6.83. The zero-order valence-electron chi connectivity index (χ0n) is 14.2. The van der Waals surface area contributed by atoms with Crippen LogP contribution in [0, 0.1) is 0 Å². The van der Waals surface area contributed by atoms with Gasteiger partial charge in [-0.2, -0.15) is 4.37 Å². The van der Waals surface area contributed by atoms with E-state index in [1.165, 1.54) is 11.8 Å². The molecule has 0 saturated carbocycles. The van der Waals surface area contributed by atoms with Crippen molar-refractivity contribution in [1.29, 1.82) is 0 Å². The van der Waals surface area contributed by atoms with E-state index < -0.39 is 11.9 Å². The minimum atomic E-state index is -0.618. The first kappa shape index (κ1) is 20.2. The number of nitrogens with zero attached hydrogens (tertiary/aromatic N) is 1. The number of aliphatic hydroxyl groups is 1. The number of carbonyl (C=O) groups excluding carboxylic acids is 2. The van der Waals surface area contributed by atoms with E-state index in [-0.39, 0.29) is 12.2 Å². The van der Waals surface area contributed by atoms with E-state index >= 15 is 0 Å². The normalized spacial score (nSPS) is 10.5. The number of anilines is 1.